The minimum atomic E-state index is -0.760. The number of methoxy groups -OCH3 is 1. The minimum Gasteiger partial charge on any atom is -0.508 e. The minimum absolute atomic E-state index is 0.235. The van der Waals surface area contributed by atoms with E-state index in [2.05, 4.69) is 13.8 Å². The second kappa shape index (κ2) is 8.03. The molecule has 0 heterocycles. The van der Waals surface area contributed by atoms with Crippen molar-refractivity contribution in [1.82, 2.24) is 0 Å². The van der Waals surface area contributed by atoms with Gasteiger partial charge >= 0.3 is 6.16 Å². The van der Waals surface area contributed by atoms with Crippen molar-refractivity contribution in [3.8, 4) is 11.5 Å². The monoisotopic (exact) mass is 344 g/mol. The van der Waals surface area contributed by atoms with Crippen molar-refractivity contribution >= 4 is 6.16 Å². The second-order valence-electron chi connectivity index (χ2n) is 6.44. The molecule has 0 aromatic heterocycles. The van der Waals surface area contributed by atoms with Crippen LogP contribution in [0, 0.1) is 0 Å². The number of carbonyl (C=O) groups excluding carboxylic acids is 1. The topological polar surface area (TPSA) is 65.0 Å². The average molecular weight is 344 g/mol. The van der Waals surface area contributed by atoms with E-state index in [4.69, 9.17) is 14.2 Å². The Morgan fingerprint density at radius 1 is 1.12 bits per heavy atom. The SMILES string of the molecule is COCC(C)OC(=O)Oc1ccc(C(C)(C)c2cccc(O)c2)cc1. The van der Waals surface area contributed by atoms with E-state index in [0.717, 1.165) is 11.1 Å². The smallest absolute Gasteiger partial charge is 0.508 e. The van der Waals surface area contributed by atoms with Crippen molar-refractivity contribution in [2.45, 2.75) is 32.3 Å². The highest BCUT2D eigenvalue weighted by Crippen LogP contribution is 2.33. The molecule has 1 N–H and O–H groups in total. The van der Waals surface area contributed by atoms with Crippen molar-refractivity contribution in [1.29, 1.82) is 0 Å². The maximum Gasteiger partial charge on any atom is 0.514 e. The lowest BCUT2D eigenvalue weighted by atomic mass is 9.78. The number of rotatable bonds is 6. The van der Waals surface area contributed by atoms with Crippen molar-refractivity contribution in [2.75, 3.05) is 13.7 Å². The predicted octanol–water partition coefficient (Wildman–Crippen LogP) is 4.27. The maximum absolute atomic E-state index is 11.7. The zero-order chi connectivity index (χ0) is 18.4. The van der Waals surface area contributed by atoms with E-state index >= 15 is 0 Å². The Morgan fingerprint density at radius 3 is 2.40 bits per heavy atom. The number of benzene rings is 2. The summed E-state index contributed by atoms with van der Waals surface area (Å²) in [6, 6.07) is 14.4. The molecule has 0 fully saturated rings. The lowest BCUT2D eigenvalue weighted by Crippen LogP contribution is -2.22. The molecule has 134 valence electrons. The Bertz CT molecular complexity index is 706. The van der Waals surface area contributed by atoms with E-state index in [1.54, 1.807) is 31.2 Å². The van der Waals surface area contributed by atoms with Gasteiger partial charge < -0.3 is 19.3 Å². The van der Waals surface area contributed by atoms with E-state index in [9.17, 15) is 9.90 Å². The third-order valence-electron chi connectivity index (χ3n) is 4.04. The number of hydrogen-bond donors (Lipinski definition) is 1. The summed E-state index contributed by atoms with van der Waals surface area (Å²) < 4.78 is 15.1. The first-order chi connectivity index (χ1) is 11.8. The van der Waals surface area contributed by atoms with E-state index in [1.165, 1.54) is 7.11 Å². The molecule has 0 radical (unpaired) electrons. The first kappa shape index (κ1) is 18.8. The third-order valence-corrected chi connectivity index (χ3v) is 4.04. The summed E-state index contributed by atoms with van der Waals surface area (Å²) in [5, 5.41) is 9.70. The highest BCUT2D eigenvalue weighted by Gasteiger charge is 2.23. The molecule has 5 heteroatoms. The quantitative estimate of drug-likeness (QED) is 0.626. The summed E-state index contributed by atoms with van der Waals surface area (Å²) in [7, 11) is 1.54. The van der Waals surface area contributed by atoms with Crippen LogP contribution < -0.4 is 4.74 Å². The van der Waals surface area contributed by atoms with Crippen LogP contribution in [-0.4, -0.2) is 31.1 Å². The number of hydrogen-bond acceptors (Lipinski definition) is 5. The van der Waals surface area contributed by atoms with Crippen LogP contribution in [0.15, 0.2) is 48.5 Å². The van der Waals surface area contributed by atoms with Gasteiger partial charge in [-0.05, 0) is 42.3 Å². The largest absolute Gasteiger partial charge is 0.514 e. The molecule has 0 aliphatic rings. The molecule has 5 nitrogen and oxygen atoms in total. The number of phenolic OH excluding ortho intramolecular Hbond substituents is 1. The van der Waals surface area contributed by atoms with Gasteiger partial charge in [-0.2, -0.15) is 0 Å². The fourth-order valence-electron chi connectivity index (χ4n) is 2.55. The van der Waals surface area contributed by atoms with Gasteiger partial charge in [0.1, 0.15) is 17.6 Å². The summed E-state index contributed by atoms with van der Waals surface area (Å²) in [5.41, 5.74) is 1.73. The van der Waals surface area contributed by atoms with Gasteiger partial charge in [0.2, 0.25) is 0 Å². The molecule has 1 unspecified atom stereocenters. The Labute approximate surface area is 148 Å². The molecule has 0 aliphatic carbocycles. The Morgan fingerprint density at radius 2 is 1.80 bits per heavy atom. The van der Waals surface area contributed by atoms with E-state index < -0.39 is 6.16 Å². The van der Waals surface area contributed by atoms with Gasteiger partial charge in [0.15, 0.2) is 0 Å². The van der Waals surface area contributed by atoms with Crippen LogP contribution in [0.25, 0.3) is 0 Å². The van der Waals surface area contributed by atoms with Crippen LogP contribution >= 0.6 is 0 Å². The predicted molar refractivity (Wildman–Crippen MR) is 95.1 cm³/mol. The standard InChI is InChI=1S/C20H24O5/c1-14(13-23-4)24-19(22)25-18-10-8-15(9-11-18)20(2,3)16-6-5-7-17(21)12-16/h5-12,14,21H,13H2,1-4H3. The van der Waals surface area contributed by atoms with Crippen molar-refractivity contribution in [3.63, 3.8) is 0 Å². The normalized spacial score (nSPS) is 12.5. The Kier molecular flexibility index (Phi) is 6.04. The van der Waals surface area contributed by atoms with Gasteiger partial charge in [-0.3, -0.25) is 0 Å². The van der Waals surface area contributed by atoms with Crippen LogP contribution in [0.5, 0.6) is 11.5 Å². The maximum atomic E-state index is 11.7. The van der Waals surface area contributed by atoms with Gasteiger partial charge in [0, 0.05) is 12.5 Å². The Hall–Kier alpha value is -2.53. The van der Waals surface area contributed by atoms with Gasteiger partial charge in [-0.25, -0.2) is 4.79 Å². The number of phenols is 1. The molecule has 0 amide bonds. The van der Waals surface area contributed by atoms with Gasteiger partial charge in [-0.1, -0.05) is 38.1 Å². The van der Waals surface area contributed by atoms with Crippen LogP contribution in [0.4, 0.5) is 4.79 Å². The third kappa shape index (κ3) is 4.97. The molecular formula is C20H24O5. The van der Waals surface area contributed by atoms with E-state index in [-0.39, 0.29) is 17.3 Å². The Balaban J connectivity index is 2.07. The van der Waals surface area contributed by atoms with Crippen LogP contribution in [0.3, 0.4) is 0 Å². The van der Waals surface area contributed by atoms with E-state index in [1.807, 2.05) is 24.3 Å². The molecule has 1 atom stereocenters. The molecule has 2 aromatic rings. The summed E-state index contributed by atoms with van der Waals surface area (Å²) in [5.74, 6) is 0.642. The van der Waals surface area contributed by atoms with Crippen molar-refractivity contribution in [2.24, 2.45) is 0 Å². The molecule has 0 bridgehead atoms. The van der Waals surface area contributed by atoms with Crippen LogP contribution in [-0.2, 0) is 14.9 Å². The molecule has 0 saturated heterocycles. The lowest BCUT2D eigenvalue weighted by Gasteiger charge is -2.26. The lowest BCUT2D eigenvalue weighted by molar-refractivity contribution is 0.0250. The number of ether oxygens (including phenoxy) is 3. The zero-order valence-electron chi connectivity index (χ0n) is 15.0. The molecule has 0 aliphatic heterocycles. The molecule has 25 heavy (non-hydrogen) atoms. The summed E-state index contributed by atoms with van der Waals surface area (Å²) in [4.78, 5) is 11.7. The van der Waals surface area contributed by atoms with Gasteiger partial charge in [0.05, 0.1) is 6.61 Å². The molecular weight excluding hydrogens is 320 g/mol. The fourth-order valence-corrected chi connectivity index (χ4v) is 2.55. The summed E-state index contributed by atoms with van der Waals surface area (Å²) >= 11 is 0. The summed E-state index contributed by atoms with van der Waals surface area (Å²) in [6.07, 6.45) is -1.13. The highest BCUT2D eigenvalue weighted by atomic mass is 16.7. The first-order valence-corrected chi connectivity index (χ1v) is 8.10. The number of carbonyl (C=O) groups is 1. The molecule has 0 spiro atoms. The average Bonchev–Trinajstić information content (AvgIpc) is 2.55. The van der Waals surface area contributed by atoms with Gasteiger partial charge in [-0.15, -0.1) is 0 Å². The second-order valence-corrected chi connectivity index (χ2v) is 6.44. The summed E-state index contributed by atoms with van der Waals surface area (Å²) in [6.45, 7) is 6.18. The van der Waals surface area contributed by atoms with Crippen LogP contribution in [0.2, 0.25) is 0 Å². The van der Waals surface area contributed by atoms with E-state index in [0.29, 0.717) is 12.4 Å². The number of aromatic hydroxyl groups is 1. The molecule has 0 saturated carbocycles. The van der Waals surface area contributed by atoms with Crippen molar-refractivity contribution < 1.29 is 24.1 Å². The van der Waals surface area contributed by atoms with Crippen molar-refractivity contribution in [3.05, 3.63) is 59.7 Å². The van der Waals surface area contributed by atoms with Crippen LogP contribution in [0.1, 0.15) is 31.9 Å². The van der Waals surface area contributed by atoms with Gasteiger partial charge in [0.25, 0.3) is 0 Å². The molecule has 2 aromatic carbocycles. The highest BCUT2D eigenvalue weighted by molar-refractivity contribution is 5.64. The molecule has 2 rings (SSSR count). The first-order valence-electron chi connectivity index (χ1n) is 8.10. The zero-order valence-corrected chi connectivity index (χ0v) is 15.0. The fraction of sp³-hybridized carbons (Fsp3) is 0.350.